The fourth-order valence-electron chi connectivity index (χ4n) is 3.51. The summed E-state index contributed by atoms with van der Waals surface area (Å²) in [6, 6.07) is 8.48. The van der Waals surface area contributed by atoms with Crippen molar-refractivity contribution in [3.05, 3.63) is 61.2 Å². The number of hydrogen-bond donors (Lipinski definition) is 3. The number of nitrogens with one attached hydrogen (secondary N) is 2. The molecule has 9 nitrogen and oxygen atoms in total. The van der Waals surface area contributed by atoms with E-state index in [0.717, 1.165) is 5.56 Å². The fraction of sp³-hybridized carbons (Fsp3) is 0.519. The zero-order valence-corrected chi connectivity index (χ0v) is 21.2. The first-order chi connectivity index (χ1) is 17.5. The minimum Gasteiger partial charge on any atom is -0.455 e. The molecule has 0 aliphatic rings. The van der Waals surface area contributed by atoms with Gasteiger partial charge >= 0.3 is 5.97 Å². The van der Waals surface area contributed by atoms with Gasteiger partial charge in [-0.1, -0.05) is 42.5 Å². The first-order valence-corrected chi connectivity index (χ1v) is 12.2. The third kappa shape index (κ3) is 12.6. The summed E-state index contributed by atoms with van der Waals surface area (Å²) in [7, 11) is 1.50. The molecule has 0 bridgehead atoms. The van der Waals surface area contributed by atoms with Gasteiger partial charge in [-0.25, -0.2) is 0 Å². The Morgan fingerprint density at radius 3 is 2.50 bits per heavy atom. The summed E-state index contributed by atoms with van der Waals surface area (Å²) < 4.78 is 16.3. The van der Waals surface area contributed by atoms with E-state index >= 15 is 0 Å². The number of methoxy groups -OCH3 is 1. The summed E-state index contributed by atoms with van der Waals surface area (Å²) in [6.45, 7) is 8.10. The van der Waals surface area contributed by atoms with Gasteiger partial charge in [-0.2, -0.15) is 0 Å². The van der Waals surface area contributed by atoms with E-state index in [4.69, 9.17) is 19.3 Å². The van der Waals surface area contributed by atoms with Crippen molar-refractivity contribution in [1.29, 1.82) is 0 Å². The number of amides is 2. The van der Waals surface area contributed by atoms with Gasteiger partial charge in [0, 0.05) is 26.5 Å². The van der Waals surface area contributed by atoms with E-state index in [1.807, 2.05) is 30.3 Å². The van der Waals surface area contributed by atoms with Gasteiger partial charge in [0.15, 0.2) is 0 Å². The summed E-state index contributed by atoms with van der Waals surface area (Å²) in [6.07, 6.45) is 4.34. The standard InChI is InChI=1S/C27H40N2O7/c1-4-6-8-14-25(32)36-26(21-12-9-7-10-13-21)23(20-34-3)29-27(33)22(11-5-2)19-24(31)28-15-17-35-18-16-30/h4-5,7,9-10,12-13,22-23,26,30H,1-2,6,8,11,14-20H2,3H3,(H,28,31)(H,29,33). The summed E-state index contributed by atoms with van der Waals surface area (Å²) in [5, 5.41) is 14.4. The van der Waals surface area contributed by atoms with Crippen LogP contribution in [0.5, 0.6) is 0 Å². The third-order valence-corrected chi connectivity index (χ3v) is 5.27. The van der Waals surface area contributed by atoms with Crippen molar-refractivity contribution in [2.24, 2.45) is 5.92 Å². The molecule has 0 aromatic heterocycles. The highest BCUT2D eigenvalue weighted by Crippen LogP contribution is 2.24. The predicted octanol–water partition coefficient (Wildman–Crippen LogP) is 2.47. The van der Waals surface area contributed by atoms with Gasteiger partial charge in [-0.15, -0.1) is 13.2 Å². The number of carbonyl (C=O) groups excluding carboxylic acids is 3. The first kappa shape index (κ1) is 31.0. The Kier molecular flexibility index (Phi) is 16.6. The molecule has 1 aromatic carbocycles. The monoisotopic (exact) mass is 504 g/mol. The van der Waals surface area contributed by atoms with Crippen LogP contribution in [0.3, 0.4) is 0 Å². The lowest BCUT2D eigenvalue weighted by Gasteiger charge is -2.29. The molecule has 3 atom stereocenters. The van der Waals surface area contributed by atoms with E-state index in [2.05, 4.69) is 23.8 Å². The van der Waals surface area contributed by atoms with Crippen molar-refractivity contribution < 1.29 is 33.7 Å². The smallest absolute Gasteiger partial charge is 0.306 e. The van der Waals surface area contributed by atoms with E-state index in [0.29, 0.717) is 12.8 Å². The molecule has 0 fully saturated rings. The van der Waals surface area contributed by atoms with Crippen LogP contribution in [0.15, 0.2) is 55.6 Å². The van der Waals surface area contributed by atoms with Gasteiger partial charge < -0.3 is 30.0 Å². The molecule has 9 heteroatoms. The molecule has 2 amide bonds. The molecule has 1 aromatic rings. The fourth-order valence-corrected chi connectivity index (χ4v) is 3.51. The number of esters is 1. The van der Waals surface area contributed by atoms with Gasteiger partial charge in [0.25, 0.3) is 0 Å². The molecule has 36 heavy (non-hydrogen) atoms. The van der Waals surface area contributed by atoms with Crippen LogP contribution in [-0.2, 0) is 28.6 Å². The Morgan fingerprint density at radius 2 is 1.86 bits per heavy atom. The number of ether oxygens (including phenoxy) is 3. The summed E-state index contributed by atoms with van der Waals surface area (Å²) in [5.41, 5.74) is 0.720. The van der Waals surface area contributed by atoms with Gasteiger partial charge in [0.05, 0.1) is 38.4 Å². The SMILES string of the molecule is C=CCCCC(=O)OC(c1ccccc1)C(COC)NC(=O)C(CC=C)CC(=O)NCCOCCO. The third-order valence-electron chi connectivity index (χ3n) is 5.27. The number of aliphatic hydroxyl groups is 1. The van der Waals surface area contributed by atoms with Gasteiger partial charge in [-0.05, 0) is 24.8 Å². The van der Waals surface area contributed by atoms with Gasteiger partial charge in [0.2, 0.25) is 11.8 Å². The molecule has 3 N–H and O–H groups in total. The second kappa shape index (κ2) is 19.2. The Balaban J connectivity index is 2.93. The maximum Gasteiger partial charge on any atom is 0.306 e. The molecule has 0 radical (unpaired) electrons. The number of hydrogen-bond acceptors (Lipinski definition) is 7. The van der Waals surface area contributed by atoms with Crippen molar-refractivity contribution in [3.63, 3.8) is 0 Å². The van der Waals surface area contributed by atoms with Crippen LogP contribution in [0.2, 0.25) is 0 Å². The van der Waals surface area contributed by atoms with Crippen LogP contribution < -0.4 is 10.6 Å². The molecule has 0 spiro atoms. The molecule has 3 unspecified atom stereocenters. The number of benzene rings is 1. The maximum atomic E-state index is 13.2. The lowest BCUT2D eigenvalue weighted by atomic mass is 9.97. The van der Waals surface area contributed by atoms with Crippen molar-refractivity contribution >= 4 is 17.8 Å². The molecule has 0 saturated carbocycles. The van der Waals surface area contributed by atoms with E-state index in [1.165, 1.54) is 7.11 Å². The minimum absolute atomic E-state index is 0.0467. The average Bonchev–Trinajstić information content (AvgIpc) is 2.87. The zero-order chi connectivity index (χ0) is 26.6. The number of aliphatic hydroxyl groups excluding tert-OH is 1. The van der Waals surface area contributed by atoms with Crippen molar-refractivity contribution in [1.82, 2.24) is 10.6 Å². The highest BCUT2D eigenvalue weighted by Gasteiger charge is 2.31. The molecular formula is C27H40N2O7. The summed E-state index contributed by atoms with van der Waals surface area (Å²) in [4.78, 5) is 38.1. The van der Waals surface area contributed by atoms with E-state index in [1.54, 1.807) is 12.2 Å². The molecule has 0 heterocycles. The highest BCUT2D eigenvalue weighted by molar-refractivity contribution is 5.86. The second-order valence-electron chi connectivity index (χ2n) is 8.18. The number of carbonyl (C=O) groups is 3. The zero-order valence-electron chi connectivity index (χ0n) is 21.2. The van der Waals surface area contributed by atoms with E-state index < -0.39 is 18.1 Å². The molecule has 0 aliphatic carbocycles. The van der Waals surface area contributed by atoms with Gasteiger partial charge in [0.1, 0.15) is 6.10 Å². The highest BCUT2D eigenvalue weighted by atomic mass is 16.5. The normalized spacial score (nSPS) is 13.2. The number of rotatable bonds is 20. The number of allylic oxidation sites excluding steroid dienone is 2. The van der Waals surface area contributed by atoms with Crippen LogP contribution >= 0.6 is 0 Å². The van der Waals surface area contributed by atoms with Crippen LogP contribution in [0.4, 0.5) is 0 Å². The van der Waals surface area contributed by atoms with E-state index in [-0.39, 0.29) is 70.0 Å². The second-order valence-corrected chi connectivity index (χ2v) is 8.18. The van der Waals surface area contributed by atoms with Gasteiger partial charge in [-0.3, -0.25) is 14.4 Å². The topological polar surface area (TPSA) is 123 Å². The van der Waals surface area contributed by atoms with Crippen molar-refractivity contribution in [3.8, 4) is 0 Å². The maximum absolute atomic E-state index is 13.2. The first-order valence-electron chi connectivity index (χ1n) is 12.2. The van der Waals surface area contributed by atoms with Crippen LogP contribution in [0.1, 0.15) is 43.8 Å². The largest absolute Gasteiger partial charge is 0.455 e. The summed E-state index contributed by atoms with van der Waals surface area (Å²) in [5.74, 6) is -1.72. The Morgan fingerprint density at radius 1 is 1.11 bits per heavy atom. The average molecular weight is 505 g/mol. The number of unbranched alkanes of at least 4 members (excludes halogenated alkanes) is 1. The van der Waals surface area contributed by atoms with Crippen LogP contribution in [0.25, 0.3) is 0 Å². The lowest BCUT2D eigenvalue weighted by Crippen LogP contribution is -2.47. The Hall–Kier alpha value is -3.01. The minimum atomic E-state index is -0.770. The van der Waals surface area contributed by atoms with Crippen LogP contribution in [-0.4, -0.2) is 69.0 Å². The summed E-state index contributed by atoms with van der Waals surface area (Å²) >= 11 is 0. The van der Waals surface area contributed by atoms with Crippen molar-refractivity contribution in [2.75, 3.05) is 40.1 Å². The molecule has 200 valence electrons. The lowest BCUT2D eigenvalue weighted by molar-refractivity contribution is -0.153. The predicted molar refractivity (Wildman–Crippen MR) is 137 cm³/mol. The quantitative estimate of drug-likeness (QED) is 0.142. The Labute approximate surface area is 213 Å². The molecular weight excluding hydrogens is 464 g/mol. The van der Waals surface area contributed by atoms with E-state index in [9.17, 15) is 14.4 Å². The Bertz CT molecular complexity index is 801. The van der Waals surface area contributed by atoms with Crippen molar-refractivity contribution in [2.45, 2.75) is 44.2 Å². The molecule has 1 rings (SSSR count). The molecule has 0 aliphatic heterocycles. The molecule has 0 saturated heterocycles. The van der Waals surface area contributed by atoms with Crippen LogP contribution in [0, 0.1) is 5.92 Å².